The fraction of sp³-hybridized carbons (Fsp3) is 1.00. The van der Waals surface area contributed by atoms with Gasteiger partial charge in [-0.05, 0) is 40.2 Å². The fourth-order valence-corrected chi connectivity index (χ4v) is 2.46. The Balaban J connectivity index is 2.61. The third kappa shape index (κ3) is 2.92. The second kappa shape index (κ2) is 5.28. The zero-order valence-electron chi connectivity index (χ0n) is 10.6. The van der Waals surface area contributed by atoms with Gasteiger partial charge in [0.05, 0.1) is 12.1 Å². The Bertz CT molecular complexity index is 192. The van der Waals surface area contributed by atoms with Gasteiger partial charge in [0.15, 0.2) is 0 Å². The van der Waals surface area contributed by atoms with E-state index in [0.29, 0.717) is 12.1 Å². The maximum absolute atomic E-state index is 9.40. The number of likely N-dealkylation sites (tertiary alicyclic amines) is 1. The summed E-state index contributed by atoms with van der Waals surface area (Å²) in [4.78, 5) is 2.55. The van der Waals surface area contributed by atoms with Crippen LogP contribution in [0.5, 0.6) is 0 Å². The van der Waals surface area contributed by atoms with Gasteiger partial charge in [-0.2, -0.15) is 0 Å². The van der Waals surface area contributed by atoms with E-state index in [2.05, 4.69) is 31.0 Å². The lowest BCUT2D eigenvalue weighted by molar-refractivity contribution is 0.0985. The van der Waals surface area contributed by atoms with E-state index < -0.39 is 0 Å². The highest BCUT2D eigenvalue weighted by Gasteiger charge is 2.34. The van der Waals surface area contributed by atoms with Crippen molar-refractivity contribution in [2.45, 2.75) is 57.7 Å². The Morgan fingerprint density at radius 2 is 2.13 bits per heavy atom. The second-order valence-electron chi connectivity index (χ2n) is 5.13. The molecule has 3 atom stereocenters. The molecule has 0 aliphatic carbocycles. The highest BCUT2D eigenvalue weighted by atomic mass is 16.3. The van der Waals surface area contributed by atoms with Crippen molar-refractivity contribution < 1.29 is 5.11 Å². The molecule has 0 aromatic carbocycles. The average molecular weight is 214 g/mol. The Hall–Kier alpha value is -0.120. The number of hydrogen-bond donors (Lipinski definition) is 2. The lowest BCUT2D eigenvalue weighted by Gasteiger charge is -2.37. The van der Waals surface area contributed by atoms with Gasteiger partial charge in [0.25, 0.3) is 0 Å². The predicted molar refractivity (Wildman–Crippen MR) is 64.0 cm³/mol. The van der Waals surface area contributed by atoms with E-state index in [9.17, 15) is 5.11 Å². The minimum Gasteiger partial charge on any atom is -0.394 e. The third-order valence-electron chi connectivity index (χ3n) is 3.91. The van der Waals surface area contributed by atoms with Crippen molar-refractivity contribution in [3.8, 4) is 0 Å². The molecule has 0 aromatic heterocycles. The summed E-state index contributed by atoms with van der Waals surface area (Å²) < 4.78 is 0. The maximum Gasteiger partial charge on any atom is 0.0623 e. The van der Waals surface area contributed by atoms with E-state index in [0.717, 1.165) is 6.54 Å². The third-order valence-corrected chi connectivity index (χ3v) is 3.91. The van der Waals surface area contributed by atoms with Gasteiger partial charge in [0.1, 0.15) is 0 Å². The lowest BCUT2D eigenvalue weighted by atomic mass is 10.0. The number of aliphatic hydroxyl groups excluding tert-OH is 1. The van der Waals surface area contributed by atoms with Crippen LogP contribution >= 0.6 is 0 Å². The molecule has 0 bridgehead atoms. The number of likely N-dealkylation sites (N-methyl/N-ethyl adjacent to an activating group) is 1. The van der Waals surface area contributed by atoms with E-state index in [1.54, 1.807) is 0 Å². The zero-order chi connectivity index (χ0) is 11.5. The van der Waals surface area contributed by atoms with Crippen LogP contribution in [0.4, 0.5) is 0 Å². The number of nitrogens with one attached hydrogen (secondary N) is 1. The average Bonchev–Trinajstić information content (AvgIpc) is 2.60. The number of aliphatic hydroxyl groups is 1. The largest absolute Gasteiger partial charge is 0.394 e. The van der Waals surface area contributed by atoms with E-state index in [1.165, 1.54) is 19.3 Å². The highest BCUT2D eigenvalue weighted by molar-refractivity contribution is 4.92. The summed E-state index contributed by atoms with van der Waals surface area (Å²) in [6.45, 7) is 7.78. The molecule has 1 heterocycles. The Morgan fingerprint density at radius 1 is 1.47 bits per heavy atom. The van der Waals surface area contributed by atoms with E-state index >= 15 is 0 Å². The molecule has 0 spiro atoms. The van der Waals surface area contributed by atoms with Crippen LogP contribution in [-0.4, -0.2) is 47.8 Å². The van der Waals surface area contributed by atoms with Gasteiger partial charge >= 0.3 is 0 Å². The van der Waals surface area contributed by atoms with Crippen LogP contribution in [0, 0.1) is 0 Å². The van der Waals surface area contributed by atoms with Gasteiger partial charge in [-0.1, -0.05) is 6.92 Å². The van der Waals surface area contributed by atoms with Crippen molar-refractivity contribution in [2.75, 3.05) is 20.2 Å². The summed E-state index contributed by atoms with van der Waals surface area (Å²) in [7, 11) is 1.93. The molecule has 1 saturated heterocycles. The molecule has 3 nitrogen and oxygen atoms in total. The summed E-state index contributed by atoms with van der Waals surface area (Å²) in [6, 6.07) is 1.37. The van der Waals surface area contributed by atoms with Gasteiger partial charge in [-0.25, -0.2) is 0 Å². The molecule has 1 fully saturated rings. The number of hydrogen-bond acceptors (Lipinski definition) is 3. The van der Waals surface area contributed by atoms with Crippen LogP contribution in [-0.2, 0) is 0 Å². The fourth-order valence-electron chi connectivity index (χ4n) is 2.46. The first-order chi connectivity index (χ1) is 7.06. The maximum atomic E-state index is 9.40. The normalized spacial score (nSPS) is 31.8. The van der Waals surface area contributed by atoms with Gasteiger partial charge in [-0.15, -0.1) is 0 Å². The molecule has 1 aliphatic rings. The molecule has 0 aromatic rings. The zero-order valence-corrected chi connectivity index (χ0v) is 10.6. The molecular formula is C12H26N2O. The van der Waals surface area contributed by atoms with Crippen LogP contribution in [0.25, 0.3) is 0 Å². The van der Waals surface area contributed by atoms with Gasteiger partial charge in [0, 0.05) is 18.6 Å². The van der Waals surface area contributed by atoms with Gasteiger partial charge < -0.3 is 10.4 Å². The molecule has 1 rings (SSSR count). The molecule has 0 amide bonds. The van der Waals surface area contributed by atoms with Crippen LogP contribution in [0.3, 0.4) is 0 Å². The first kappa shape index (κ1) is 12.9. The first-order valence-electron chi connectivity index (χ1n) is 6.12. The van der Waals surface area contributed by atoms with Crippen molar-refractivity contribution in [3.63, 3.8) is 0 Å². The Morgan fingerprint density at radius 3 is 2.60 bits per heavy atom. The van der Waals surface area contributed by atoms with Crippen LogP contribution in [0.2, 0.25) is 0 Å². The van der Waals surface area contributed by atoms with Crippen molar-refractivity contribution in [2.24, 2.45) is 0 Å². The monoisotopic (exact) mass is 214 g/mol. The molecule has 3 heteroatoms. The van der Waals surface area contributed by atoms with Crippen LogP contribution < -0.4 is 5.32 Å². The first-order valence-corrected chi connectivity index (χ1v) is 6.12. The van der Waals surface area contributed by atoms with E-state index in [1.807, 2.05) is 7.05 Å². The molecular weight excluding hydrogens is 188 g/mol. The summed E-state index contributed by atoms with van der Waals surface area (Å²) in [5.74, 6) is 0. The molecule has 1 aliphatic heterocycles. The summed E-state index contributed by atoms with van der Waals surface area (Å²) in [5, 5.41) is 12.6. The smallest absolute Gasteiger partial charge is 0.0623 e. The minimum atomic E-state index is -0.161. The van der Waals surface area contributed by atoms with Crippen molar-refractivity contribution in [1.82, 2.24) is 10.2 Å². The van der Waals surface area contributed by atoms with Crippen LogP contribution in [0.1, 0.15) is 40.0 Å². The SMILES string of the molecule is CCC1CCC(C)N1CC(C)(CO)NC. The van der Waals surface area contributed by atoms with E-state index in [4.69, 9.17) is 0 Å². The van der Waals surface area contributed by atoms with Crippen LogP contribution in [0.15, 0.2) is 0 Å². The van der Waals surface area contributed by atoms with Crippen molar-refractivity contribution in [1.29, 1.82) is 0 Å². The topological polar surface area (TPSA) is 35.5 Å². The molecule has 3 unspecified atom stereocenters. The summed E-state index contributed by atoms with van der Waals surface area (Å²) in [6.07, 6.45) is 3.82. The standard InChI is InChI=1S/C12H26N2O/c1-5-11-7-6-10(2)14(11)8-12(3,9-15)13-4/h10-11,13,15H,5-9H2,1-4H3. The molecule has 90 valence electrons. The molecule has 2 N–H and O–H groups in total. The summed E-state index contributed by atoms with van der Waals surface area (Å²) >= 11 is 0. The number of nitrogens with zero attached hydrogens (tertiary/aromatic N) is 1. The van der Waals surface area contributed by atoms with Crippen molar-refractivity contribution >= 4 is 0 Å². The van der Waals surface area contributed by atoms with Gasteiger partial charge in [0.2, 0.25) is 0 Å². The second-order valence-corrected chi connectivity index (χ2v) is 5.13. The lowest BCUT2D eigenvalue weighted by Crippen LogP contribution is -2.54. The quantitative estimate of drug-likeness (QED) is 0.722. The molecule has 15 heavy (non-hydrogen) atoms. The Labute approximate surface area is 93.9 Å². The molecule has 0 radical (unpaired) electrons. The highest BCUT2D eigenvalue weighted by Crippen LogP contribution is 2.27. The van der Waals surface area contributed by atoms with E-state index in [-0.39, 0.29) is 12.1 Å². The van der Waals surface area contributed by atoms with Crippen molar-refractivity contribution in [3.05, 3.63) is 0 Å². The molecule has 0 saturated carbocycles. The summed E-state index contributed by atoms with van der Waals surface area (Å²) in [5.41, 5.74) is -0.161. The van der Waals surface area contributed by atoms with Gasteiger partial charge in [-0.3, -0.25) is 4.90 Å². The Kier molecular flexibility index (Phi) is 4.56. The predicted octanol–water partition coefficient (Wildman–Crippen LogP) is 1.22. The number of rotatable bonds is 5. The minimum absolute atomic E-state index is 0.161.